The van der Waals surface area contributed by atoms with Gasteiger partial charge in [-0.15, -0.1) is 0 Å². The molecule has 1 N–H and O–H groups in total. The lowest BCUT2D eigenvalue weighted by atomic mass is 10.2. The summed E-state index contributed by atoms with van der Waals surface area (Å²) in [6, 6.07) is 9.11. The fourth-order valence-electron chi connectivity index (χ4n) is 3.21. The van der Waals surface area contributed by atoms with Gasteiger partial charge in [-0.1, -0.05) is 25.4 Å². The molecule has 0 bridgehead atoms. The van der Waals surface area contributed by atoms with Gasteiger partial charge in [0, 0.05) is 43.3 Å². The molecule has 0 spiro atoms. The maximum Gasteiger partial charge on any atom is 0.282 e. The van der Waals surface area contributed by atoms with Crippen molar-refractivity contribution in [3.63, 3.8) is 0 Å². The van der Waals surface area contributed by atoms with Gasteiger partial charge < -0.3 is 9.47 Å². The van der Waals surface area contributed by atoms with E-state index in [0.29, 0.717) is 50.0 Å². The number of aromatic nitrogens is 2. The topological polar surface area (TPSA) is 87.8 Å². The molecule has 1 atom stereocenters. The SMILES string of the molecule is CCN(CC)S(=O)(=O)N1CCOC(c2cc(CCOc3ccc(Cl)cc3)[nH]n2)C1. The zero-order chi connectivity index (χ0) is 20.9. The molecule has 0 radical (unpaired) electrons. The number of nitrogens with one attached hydrogen (secondary N) is 1. The van der Waals surface area contributed by atoms with Gasteiger partial charge in [0.2, 0.25) is 0 Å². The fraction of sp³-hybridized carbons (Fsp3) is 0.526. The molecule has 1 aromatic heterocycles. The Morgan fingerprint density at radius 1 is 1.31 bits per heavy atom. The smallest absolute Gasteiger partial charge is 0.282 e. The van der Waals surface area contributed by atoms with Crippen molar-refractivity contribution in [2.45, 2.75) is 26.4 Å². The van der Waals surface area contributed by atoms with Crippen LogP contribution in [0.25, 0.3) is 0 Å². The molecule has 0 aliphatic carbocycles. The summed E-state index contributed by atoms with van der Waals surface area (Å²) in [4.78, 5) is 0. The first kappa shape index (κ1) is 22.0. The minimum atomic E-state index is -3.49. The van der Waals surface area contributed by atoms with Gasteiger partial charge >= 0.3 is 0 Å². The van der Waals surface area contributed by atoms with Crippen LogP contribution in [-0.4, -0.2) is 66.6 Å². The van der Waals surface area contributed by atoms with E-state index >= 15 is 0 Å². The number of hydrogen-bond acceptors (Lipinski definition) is 5. The highest BCUT2D eigenvalue weighted by Crippen LogP contribution is 2.24. The van der Waals surface area contributed by atoms with Gasteiger partial charge in [0.25, 0.3) is 10.2 Å². The number of benzene rings is 1. The van der Waals surface area contributed by atoms with Crippen LogP contribution < -0.4 is 4.74 Å². The normalized spacial score (nSPS) is 18.3. The van der Waals surface area contributed by atoms with E-state index in [4.69, 9.17) is 21.1 Å². The van der Waals surface area contributed by atoms with E-state index < -0.39 is 16.3 Å². The highest BCUT2D eigenvalue weighted by molar-refractivity contribution is 7.86. The second-order valence-electron chi connectivity index (χ2n) is 6.68. The summed E-state index contributed by atoms with van der Waals surface area (Å²) >= 11 is 5.87. The molecule has 2 aromatic rings. The van der Waals surface area contributed by atoms with Gasteiger partial charge in [0.15, 0.2) is 0 Å². The average Bonchev–Trinajstić information content (AvgIpc) is 3.19. The summed E-state index contributed by atoms with van der Waals surface area (Å²) in [5, 5.41) is 7.98. The first-order valence-corrected chi connectivity index (χ1v) is 11.5. The third-order valence-electron chi connectivity index (χ3n) is 4.82. The molecule has 10 heteroatoms. The van der Waals surface area contributed by atoms with E-state index in [1.54, 1.807) is 12.1 Å². The molecule has 1 saturated heterocycles. The van der Waals surface area contributed by atoms with E-state index in [0.717, 1.165) is 11.4 Å². The van der Waals surface area contributed by atoms with Crippen LogP contribution in [0.1, 0.15) is 31.3 Å². The number of hydrogen-bond donors (Lipinski definition) is 1. The number of morpholine rings is 1. The lowest BCUT2D eigenvalue weighted by Crippen LogP contribution is -2.49. The Kier molecular flexibility index (Phi) is 7.53. The number of H-pyrrole nitrogens is 1. The molecule has 160 valence electrons. The lowest BCUT2D eigenvalue weighted by Gasteiger charge is -2.34. The Balaban J connectivity index is 1.57. The molecule has 0 amide bonds. The van der Waals surface area contributed by atoms with Crippen molar-refractivity contribution in [2.24, 2.45) is 0 Å². The highest BCUT2D eigenvalue weighted by atomic mass is 35.5. The van der Waals surface area contributed by atoms with Crippen LogP contribution in [0.15, 0.2) is 30.3 Å². The maximum absolute atomic E-state index is 12.8. The molecular formula is C19H27ClN4O4S. The van der Waals surface area contributed by atoms with Crippen molar-refractivity contribution in [1.82, 2.24) is 18.8 Å². The van der Waals surface area contributed by atoms with Crippen LogP contribution in [-0.2, 0) is 21.4 Å². The van der Waals surface area contributed by atoms with Crippen LogP contribution in [0.4, 0.5) is 0 Å². The third-order valence-corrected chi connectivity index (χ3v) is 7.23. The number of aromatic amines is 1. The predicted octanol–water partition coefficient (Wildman–Crippen LogP) is 2.64. The largest absolute Gasteiger partial charge is 0.493 e. The molecule has 1 aliphatic rings. The van der Waals surface area contributed by atoms with Crippen LogP contribution in [0.5, 0.6) is 5.75 Å². The first-order valence-electron chi connectivity index (χ1n) is 9.73. The van der Waals surface area contributed by atoms with Crippen molar-refractivity contribution in [3.8, 4) is 5.75 Å². The Labute approximate surface area is 176 Å². The summed E-state index contributed by atoms with van der Waals surface area (Å²) < 4.78 is 40.0. The van der Waals surface area contributed by atoms with E-state index in [9.17, 15) is 8.42 Å². The molecule has 29 heavy (non-hydrogen) atoms. The van der Waals surface area contributed by atoms with Crippen molar-refractivity contribution in [1.29, 1.82) is 0 Å². The van der Waals surface area contributed by atoms with Gasteiger partial charge in [-0.2, -0.15) is 22.1 Å². The van der Waals surface area contributed by atoms with Crippen molar-refractivity contribution in [2.75, 3.05) is 39.4 Å². The van der Waals surface area contributed by atoms with Crippen LogP contribution in [0, 0.1) is 0 Å². The van der Waals surface area contributed by atoms with Crippen molar-refractivity contribution < 1.29 is 17.9 Å². The predicted molar refractivity (Wildman–Crippen MR) is 111 cm³/mol. The zero-order valence-electron chi connectivity index (χ0n) is 16.7. The second-order valence-corrected chi connectivity index (χ2v) is 9.04. The fourth-order valence-corrected chi connectivity index (χ4v) is 4.94. The van der Waals surface area contributed by atoms with E-state index in [1.165, 1.54) is 8.61 Å². The molecule has 1 unspecified atom stereocenters. The minimum absolute atomic E-state index is 0.254. The summed E-state index contributed by atoms with van der Waals surface area (Å²) in [7, 11) is -3.49. The minimum Gasteiger partial charge on any atom is -0.493 e. The molecule has 3 rings (SSSR count). The number of nitrogens with zero attached hydrogens (tertiary/aromatic N) is 3. The lowest BCUT2D eigenvalue weighted by molar-refractivity contribution is -0.00661. The van der Waals surface area contributed by atoms with Gasteiger partial charge in [-0.05, 0) is 30.3 Å². The Morgan fingerprint density at radius 3 is 2.72 bits per heavy atom. The number of ether oxygens (including phenoxy) is 2. The summed E-state index contributed by atoms with van der Waals surface area (Å²) in [5.74, 6) is 0.752. The van der Waals surface area contributed by atoms with Crippen molar-refractivity contribution in [3.05, 3.63) is 46.7 Å². The number of halogens is 1. The summed E-state index contributed by atoms with van der Waals surface area (Å²) in [6.45, 7) is 5.99. The van der Waals surface area contributed by atoms with Crippen LogP contribution in [0.3, 0.4) is 0 Å². The standard InChI is InChI=1S/C19H27ClN4O4S/c1-3-23(4-2)29(25,26)24-10-12-28-19(14-24)18-13-16(21-22-18)9-11-27-17-7-5-15(20)6-8-17/h5-8,13,19H,3-4,9-12,14H2,1-2H3,(H,21,22). The second kappa shape index (κ2) is 9.90. The van der Waals surface area contributed by atoms with Crippen LogP contribution in [0.2, 0.25) is 5.02 Å². The zero-order valence-corrected chi connectivity index (χ0v) is 18.2. The quantitative estimate of drug-likeness (QED) is 0.645. The number of rotatable bonds is 9. The monoisotopic (exact) mass is 442 g/mol. The molecule has 0 saturated carbocycles. The molecule has 1 aromatic carbocycles. The van der Waals surface area contributed by atoms with Crippen LogP contribution >= 0.6 is 11.6 Å². The Hall–Kier alpha value is -1.65. The molecule has 8 nitrogen and oxygen atoms in total. The molecular weight excluding hydrogens is 416 g/mol. The third kappa shape index (κ3) is 5.49. The average molecular weight is 443 g/mol. The van der Waals surface area contributed by atoms with E-state index in [-0.39, 0.29) is 6.54 Å². The Bertz CT molecular complexity index is 884. The van der Waals surface area contributed by atoms with Crippen molar-refractivity contribution >= 4 is 21.8 Å². The Morgan fingerprint density at radius 2 is 2.03 bits per heavy atom. The van der Waals surface area contributed by atoms with E-state index in [1.807, 2.05) is 32.0 Å². The first-order chi connectivity index (χ1) is 13.9. The van der Waals surface area contributed by atoms with E-state index in [2.05, 4.69) is 10.2 Å². The van der Waals surface area contributed by atoms with Gasteiger partial charge in [0.05, 0.1) is 18.9 Å². The molecule has 1 aliphatic heterocycles. The maximum atomic E-state index is 12.8. The highest BCUT2D eigenvalue weighted by Gasteiger charge is 2.34. The summed E-state index contributed by atoms with van der Waals surface area (Å²) in [5.41, 5.74) is 1.60. The molecule has 1 fully saturated rings. The van der Waals surface area contributed by atoms with Gasteiger partial charge in [-0.3, -0.25) is 5.10 Å². The molecule has 2 heterocycles. The summed E-state index contributed by atoms with van der Waals surface area (Å²) in [6.07, 6.45) is 0.250. The van der Waals surface area contributed by atoms with Gasteiger partial charge in [-0.25, -0.2) is 0 Å². The van der Waals surface area contributed by atoms with Gasteiger partial charge in [0.1, 0.15) is 11.9 Å².